The molecule has 1 aliphatic heterocycles. The topological polar surface area (TPSA) is 21.3 Å². The van der Waals surface area contributed by atoms with E-state index < -0.39 is 0 Å². The Hall–Kier alpha value is -0.920. The van der Waals surface area contributed by atoms with Crippen molar-refractivity contribution in [3.63, 3.8) is 0 Å². The summed E-state index contributed by atoms with van der Waals surface area (Å²) in [5.74, 6) is 0. The van der Waals surface area contributed by atoms with Crippen molar-refractivity contribution in [1.29, 1.82) is 0 Å². The molecule has 2 nitrogen and oxygen atoms in total. The summed E-state index contributed by atoms with van der Waals surface area (Å²) in [6, 6.07) is 0. The Kier molecular flexibility index (Phi) is 15.3. The Bertz CT molecular complexity index is 122. The summed E-state index contributed by atoms with van der Waals surface area (Å²) in [4.78, 5) is 0. The lowest BCUT2D eigenvalue weighted by atomic mass is 10.4. The van der Waals surface area contributed by atoms with Crippen LogP contribution in [-0.4, -0.2) is 6.23 Å². The summed E-state index contributed by atoms with van der Waals surface area (Å²) >= 11 is 0. The Morgan fingerprint density at radius 1 is 1.31 bits per heavy atom. The Labute approximate surface area is 82.7 Å². The second kappa shape index (κ2) is 13.7. The second-order valence-corrected chi connectivity index (χ2v) is 1.86. The second-order valence-electron chi connectivity index (χ2n) is 1.86. The maximum absolute atomic E-state index is 5.08. The zero-order chi connectivity index (χ0) is 10.5. The van der Waals surface area contributed by atoms with Crippen LogP contribution in [0.4, 0.5) is 0 Å². The van der Waals surface area contributed by atoms with Gasteiger partial charge in [0.15, 0.2) is 6.23 Å². The van der Waals surface area contributed by atoms with E-state index in [-0.39, 0.29) is 6.23 Å². The first-order chi connectivity index (χ1) is 6.43. The lowest BCUT2D eigenvalue weighted by molar-refractivity contribution is 0.197. The van der Waals surface area contributed by atoms with E-state index in [0.29, 0.717) is 0 Å². The predicted octanol–water partition coefficient (Wildman–Crippen LogP) is 3.42. The van der Waals surface area contributed by atoms with E-state index in [1.165, 1.54) is 0 Å². The molecule has 0 amide bonds. The third kappa shape index (κ3) is 8.99. The quantitative estimate of drug-likeness (QED) is 0.665. The van der Waals surface area contributed by atoms with Gasteiger partial charge in [0.05, 0.1) is 0 Å². The van der Waals surface area contributed by atoms with Gasteiger partial charge in [-0.05, 0) is 12.5 Å². The summed E-state index contributed by atoms with van der Waals surface area (Å²) in [5, 5.41) is 3.00. The molecule has 0 radical (unpaired) electrons. The molecule has 1 rings (SSSR count). The maximum atomic E-state index is 5.08. The fraction of sp³-hybridized carbons (Fsp3) is 0.636. The van der Waals surface area contributed by atoms with Crippen molar-refractivity contribution in [1.82, 2.24) is 5.32 Å². The largest absolute Gasteiger partial charge is 0.473 e. The van der Waals surface area contributed by atoms with Gasteiger partial charge in [-0.25, -0.2) is 0 Å². The third-order valence-corrected chi connectivity index (χ3v) is 1.10. The van der Waals surface area contributed by atoms with Gasteiger partial charge >= 0.3 is 0 Å². The highest BCUT2D eigenvalue weighted by molar-refractivity contribution is 4.95. The standard InChI is InChI=1S/C7H11NO.2C2H6/c1-2-3-4-7-8-5-6-9-7;2*1-2/h3-8H,2H2,1H3;2*1-2H3/b4-3-;;. The molecule has 78 valence electrons. The van der Waals surface area contributed by atoms with Crippen molar-refractivity contribution in [3.05, 3.63) is 24.6 Å². The number of ether oxygens (including phenoxy) is 1. The average Bonchev–Trinajstić information content (AvgIpc) is 2.73. The first kappa shape index (κ1) is 14.6. The minimum Gasteiger partial charge on any atom is -0.473 e. The van der Waals surface area contributed by atoms with E-state index >= 15 is 0 Å². The van der Waals surface area contributed by atoms with Gasteiger partial charge in [-0.1, -0.05) is 40.7 Å². The number of allylic oxidation sites excluding steroid dienone is 1. The molecule has 0 saturated carbocycles. The molecule has 1 atom stereocenters. The van der Waals surface area contributed by atoms with Gasteiger partial charge in [-0.3, -0.25) is 0 Å². The van der Waals surface area contributed by atoms with Crippen LogP contribution in [0.2, 0.25) is 0 Å². The molecule has 0 bridgehead atoms. The molecule has 1 unspecified atom stereocenters. The Morgan fingerprint density at radius 2 is 1.92 bits per heavy atom. The summed E-state index contributed by atoms with van der Waals surface area (Å²) < 4.78 is 5.08. The average molecular weight is 185 g/mol. The SMILES string of the molecule is CC.CC.CC/C=C\C1NC=CO1. The number of hydrogen-bond donors (Lipinski definition) is 1. The molecule has 0 aliphatic carbocycles. The molecule has 0 spiro atoms. The van der Waals surface area contributed by atoms with E-state index in [1.54, 1.807) is 12.5 Å². The van der Waals surface area contributed by atoms with Crippen molar-refractivity contribution < 1.29 is 4.74 Å². The molecule has 0 aromatic heterocycles. The van der Waals surface area contributed by atoms with Crippen LogP contribution in [0.5, 0.6) is 0 Å². The number of rotatable bonds is 2. The zero-order valence-electron chi connectivity index (χ0n) is 9.50. The maximum Gasteiger partial charge on any atom is 0.188 e. The van der Waals surface area contributed by atoms with Crippen LogP contribution in [0.3, 0.4) is 0 Å². The van der Waals surface area contributed by atoms with Crippen LogP contribution in [0, 0.1) is 0 Å². The van der Waals surface area contributed by atoms with Gasteiger partial charge in [0, 0.05) is 6.20 Å². The van der Waals surface area contributed by atoms with E-state index in [9.17, 15) is 0 Å². The van der Waals surface area contributed by atoms with Crippen molar-refractivity contribution >= 4 is 0 Å². The van der Waals surface area contributed by atoms with Crippen LogP contribution >= 0.6 is 0 Å². The minimum absolute atomic E-state index is 0.0740. The number of nitrogens with one attached hydrogen (secondary N) is 1. The molecule has 1 heterocycles. The molecule has 2 heteroatoms. The lowest BCUT2D eigenvalue weighted by Crippen LogP contribution is -2.17. The summed E-state index contributed by atoms with van der Waals surface area (Å²) in [6.07, 6.45) is 8.66. The van der Waals surface area contributed by atoms with E-state index in [4.69, 9.17) is 4.74 Å². The molecular weight excluding hydrogens is 162 g/mol. The molecule has 1 N–H and O–H groups in total. The molecule has 1 aliphatic rings. The van der Waals surface area contributed by atoms with Gasteiger partial charge in [0.1, 0.15) is 6.26 Å². The fourth-order valence-electron chi connectivity index (χ4n) is 0.658. The molecule has 13 heavy (non-hydrogen) atoms. The Morgan fingerprint density at radius 3 is 2.31 bits per heavy atom. The third-order valence-electron chi connectivity index (χ3n) is 1.10. The van der Waals surface area contributed by atoms with Crippen molar-refractivity contribution in [2.45, 2.75) is 47.3 Å². The summed E-state index contributed by atoms with van der Waals surface area (Å²) in [5.41, 5.74) is 0. The predicted molar refractivity (Wildman–Crippen MR) is 59.3 cm³/mol. The van der Waals surface area contributed by atoms with Gasteiger partial charge in [0.2, 0.25) is 0 Å². The Balaban J connectivity index is 0. The van der Waals surface area contributed by atoms with Crippen LogP contribution in [-0.2, 0) is 4.74 Å². The fourth-order valence-corrected chi connectivity index (χ4v) is 0.658. The lowest BCUT2D eigenvalue weighted by Gasteiger charge is -2.03. The molecule has 0 aromatic rings. The summed E-state index contributed by atoms with van der Waals surface area (Å²) in [6.45, 7) is 10.1. The summed E-state index contributed by atoms with van der Waals surface area (Å²) in [7, 11) is 0. The molecule has 0 aromatic carbocycles. The monoisotopic (exact) mass is 185 g/mol. The zero-order valence-corrected chi connectivity index (χ0v) is 9.50. The first-order valence-electron chi connectivity index (χ1n) is 5.16. The first-order valence-corrected chi connectivity index (χ1v) is 5.16. The smallest absolute Gasteiger partial charge is 0.188 e. The highest BCUT2D eigenvalue weighted by Crippen LogP contribution is 1.98. The molecule has 0 saturated heterocycles. The van der Waals surface area contributed by atoms with E-state index in [1.807, 2.05) is 33.8 Å². The molecule has 0 fully saturated rings. The highest BCUT2D eigenvalue weighted by atomic mass is 16.5. The van der Waals surface area contributed by atoms with Gasteiger partial charge in [-0.15, -0.1) is 0 Å². The molecular formula is C11H23NO. The van der Waals surface area contributed by atoms with Crippen LogP contribution in [0.15, 0.2) is 24.6 Å². The van der Waals surface area contributed by atoms with Gasteiger partial charge in [0.25, 0.3) is 0 Å². The van der Waals surface area contributed by atoms with Crippen molar-refractivity contribution in [2.24, 2.45) is 0 Å². The van der Waals surface area contributed by atoms with E-state index in [2.05, 4.69) is 18.3 Å². The minimum atomic E-state index is 0.0740. The van der Waals surface area contributed by atoms with Crippen LogP contribution in [0.25, 0.3) is 0 Å². The number of hydrogen-bond acceptors (Lipinski definition) is 2. The normalized spacial score (nSPS) is 17.8. The highest BCUT2D eigenvalue weighted by Gasteiger charge is 2.02. The van der Waals surface area contributed by atoms with Crippen molar-refractivity contribution in [3.8, 4) is 0 Å². The van der Waals surface area contributed by atoms with Crippen LogP contribution < -0.4 is 5.32 Å². The van der Waals surface area contributed by atoms with E-state index in [0.717, 1.165) is 6.42 Å². The van der Waals surface area contributed by atoms with Gasteiger partial charge in [-0.2, -0.15) is 0 Å². The van der Waals surface area contributed by atoms with Crippen LogP contribution in [0.1, 0.15) is 41.0 Å². The van der Waals surface area contributed by atoms with Gasteiger partial charge < -0.3 is 10.1 Å². The van der Waals surface area contributed by atoms with Crippen molar-refractivity contribution in [2.75, 3.05) is 0 Å².